The zero-order chi connectivity index (χ0) is 10.4. The fourth-order valence-electron chi connectivity index (χ4n) is 1.87. The molecule has 0 saturated carbocycles. The summed E-state index contributed by atoms with van der Waals surface area (Å²) in [5, 5.41) is 0. The lowest BCUT2D eigenvalue weighted by molar-refractivity contribution is 0.684. The van der Waals surface area contributed by atoms with Gasteiger partial charge in [-0.2, -0.15) is 0 Å². The summed E-state index contributed by atoms with van der Waals surface area (Å²) < 4.78 is 13.3. The Labute approximate surface area is 104 Å². The second-order valence-electron chi connectivity index (χ2n) is 3.38. The van der Waals surface area contributed by atoms with Crippen LogP contribution in [0.3, 0.4) is 0 Å². The van der Waals surface area contributed by atoms with E-state index in [-0.39, 0.29) is 0 Å². The van der Waals surface area contributed by atoms with E-state index >= 15 is 0 Å². The first-order valence-corrected chi connectivity index (χ1v) is 6.81. The van der Waals surface area contributed by atoms with E-state index < -0.39 is 10.8 Å². The Balaban J connectivity index is 2.43. The van der Waals surface area contributed by atoms with Crippen LogP contribution in [0.5, 0.6) is 0 Å². The maximum Gasteiger partial charge on any atom is 0.0873 e. The molecule has 3 heteroatoms. The fraction of sp³-hybridized carbons (Fsp3) is 0. The van der Waals surface area contributed by atoms with Crippen molar-refractivity contribution >= 4 is 33.4 Å². The minimum atomic E-state index is -0.992. The molecule has 0 aromatic heterocycles. The molecule has 0 fully saturated rings. The quantitative estimate of drug-likeness (QED) is 0.579. The van der Waals surface area contributed by atoms with Crippen molar-refractivity contribution in [3.05, 3.63) is 46.0 Å². The van der Waals surface area contributed by atoms with Crippen LogP contribution in [0.15, 0.2) is 52.3 Å². The third-order valence-electron chi connectivity index (χ3n) is 2.53. The number of halogens is 1. The van der Waals surface area contributed by atoms with Crippen molar-refractivity contribution in [3.63, 3.8) is 0 Å². The van der Waals surface area contributed by atoms with Gasteiger partial charge in [-0.1, -0.05) is 30.3 Å². The highest BCUT2D eigenvalue weighted by molar-refractivity contribution is 14.1. The molecule has 1 unspecified atom stereocenters. The fourth-order valence-corrected chi connectivity index (χ4v) is 4.39. The molecule has 0 aliphatic carbocycles. The van der Waals surface area contributed by atoms with Crippen LogP contribution >= 0.6 is 22.6 Å². The molecule has 3 rings (SSSR count). The van der Waals surface area contributed by atoms with Crippen molar-refractivity contribution in [1.82, 2.24) is 0 Å². The number of rotatable bonds is 0. The molecule has 15 heavy (non-hydrogen) atoms. The van der Waals surface area contributed by atoms with Crippen LogP contribution in [0.4, 0.5) is 0 Å². The Kier molecular flexibility index (Phi) is 2.17. The van der Waals surface area contributed by atoms with Crippen LogP contribution < -0.4 is 0 Å². The Hall–Kier alpha value is -0.680. The van der Waals surface area contributed by atoms with Gasteiger partial charge in [0, 0.05) is 9.13 Å². The molecule has 1 nitrogen and oxygen atoms in total. The molecule has 2 aromatic rings. The molecule has 0 radical (unpaired) electrons. The van der Waals surface area contributed by atoms with E-state index in [2.05, 4.69) is 22.6 Å². The first kappa shape index (κ1) is 9.54. The van der Waals surface area contributed by atoms with Gasteiger partial charge in [0.1, 0.15) is 0 Å². The zero-order valence-corrected chi connectivity index (χ0v) is 10.7. The van der Waals surface area contributed by atoms with Crippen LogP contribution in [0.1, 0.15) is 0 Å². The summed E-state index contributed by atoms with van der Waals surface area (Å²) >= 11 is 2.25. The summed E-state index contributed by atoms with van der Waals surface area (Å²) in [5.41, 5.74) is 2.24. The highest BCUT2D eigenvalue weighted by Gasteiger charge is 2.26. The molecule has 74 valence electrons. The molecule has 0 bridgehead atoms. The molecule has 1 atom stereocenters. The minimum absolute atomic E-state index is 0.941. The topological polar surface area (TPSA) is 17.1 Å². The number of fused-ring (bicyclic) bond motifs is 3. The van der Waals surface area contributed by atoms with E-state index in [1.807, 2.05) is 42.5 Å². The summed E-state index contributed by atoms with van der Waals surface area (Å²) in [5.74, 6) is 0. The zero-order valence-electron chi connectivity index (χ0n) is 7.74. The second kappa shape index (κ2) is 3.42. The van der Waals surface area contributed by atoms with Crippen LogP contribution in [0.2, 0.25) is 0 Å². The van der Waals surface area contributed by atoms with E-state index in [0.29, 0.717) is 0 Å². The van der Waals surface area contributed by atoms with Crippen molar-refractivity contribution in [2.24, 2.45) is 0 Å². The van der Waals surface area contributed by atoms with Gasteiger partial charge in [0.15, 0.2) is 0 Å². The van der Waals surface area contributed by atoms with Gasteiger partial charge in [-0.15, -0.1) is 0 Å². The molecule has 1 heterocycles. The predicted octanol–water partition coefficient (Wildman–Crippen LogP) is 3.44. The van der Waals surface area contributed by atoms with Crippen LogP contribution in [0.25, 0.3) is 11.1 Å². The third-order valence-corrected chi connectivity index (χ3v) is 5.36. The average molecular weight is 326 g/mol. The maximum atomic E-state index is 12.2. The lowest BCUT2D eigenvalue weighted by atomic mass is 10.1. The molecular formula is C12H7IOS. The van der Waals surface area contributed by atoms with Crippen molar-refractivity contribution in [2.45, 2.75) is 9.79 Å². The summed E-state index contributed by atoms with van der Waals surface area (Å²) in [7, 11) is -0.992. The Bertz CT molecular complexity index is 578. The second-order valence-corrected chi connectivity index (χ2v) is 5.93. The Morgan fingerprint density at radius 1 is 0.933 bits per heavy atom. The van der Waals surface area contributed by atoms with Crippen LogP contribution in [-0.2, 0) is 10.8 Å². The van der Waals surface area contributed by atoms with Gasteiger partial charge in [-0.05, 0) is 40.3 Å². The number of hydrogen-bond acceptors (Lipinski definition) is 1. The Morgan fingerprint density at radius 2 is 1.67 bits per heavy atom. The van der Waals surface area contributed by atoms with Crippen molar-refractivity contribution in [1.29, 1.82) is 0 Å². The molecule has 0 spiro atoms. The molecule has 0 N–H and O–H groups in total. The Morgan fingerprint density at radius 3 is 2.53 bits per heavy atom. The summed E-state index contributed by atoms with van der Waals surface area (Å²) in [6, 6.07) is 14.0. The average Bonchev–Trinajstić information content (AvgIpc) is 2.55. The van der Waals surface area contributed by atoms with Gasteiger partial charge in [0.2, 0.25) is 0 Å². The molecule has 0 amide bonds. The molecular weight excluding hydrogens is 319 g/mol. The first-order chi connectivity index (χ1) is 7.29. The van der Waals surface area contributed by atoms with Crippen molar-refractivity contribution in [2.75, 3.05) is 0 Å². The lowest BCUT2D eigenvalue weighted by Crippen LogP contribution is -1.88. The van der Waals surface area contributed by atoms with E-state index in [1.54, 1.807) is 0 Å². The number of benzene rings is 2. The summed E-state index contributed by atoms with van der Waals surface area (Å²) in [4.78, 5) is 1.91. The molecule has 2 aromatic carbocycles. The number of hydrogen-bond donors (Lipinski definition) is 0. The largest absolute Gasteiger partial charge is 0.249 e. The lowest BCUT2D eigenvalue weighted by Gasteiger charge is -1.99. The van der Waals surface area contributed by atoms with Gasteiger partial charge in [0.25, 0.3) is 0 Å². The first-order valence-electron chi connectivity index (χ1n) is 4.59. The summed E-state index contributed by atoms with van der Waals surface area (Å²) in [6.07, 6.45) is 0. The monoisotopic (exact) mass is 326 g/mol. The summed E-state index contributed by atoms with van der Waals surface area (Å²) in [6.45, 7) is 0. The van der Waals surface area contributed by atoms with Gasteiger partial charge >= 0.3 is 0 Å². The highest BCUT2D eigenvalue weighted by Crippen LogP contribution is 2.42. The van der Waals surface area contributed by atoms with Crippen molar-refractivity contribution < 1.29 is 4.21 Å². The smallest absolute Gasteiger partial charge is 0.0873 e. The SMILES string of the molecule is O=S1c2ccccc2-c2cccc(I)c21. The predicted molar refractivity (Wildman–Crippen MR) is 69.3 cm³/mol. The van der Waals surface area contributed by atoms with E-state index in [4.69, 9.17) is 0 Å². The van der Waals surface area contributed by atoms with Gasteiger partial charge in [-0.25, -0.2) is 4.21 Å². The maximum absolute atomic E-state index is 12.2. The van der Waals surface area contributed by atoms with Gasteiger partial charge < -0.3 is 0 Å². The third kappa shape index (κ3) is 1.29. The van der Waals surface area contributed by atoms with Gasteiger partial charge in [-0.3, -0.25) is 0 Å². The minimum Gasteiger partial charge on any atom is -0.249 e. The highest BCUT2D eigenvalue weighted by atomic mass is 127. The van der Waals surface area contributed by atoms with E-state index in [1.165, 1.54) is 0 Å². The van der Waals surface area contributed by atoms with Crippen molar-refractivity contribution in [3.8, 4) is 11.1 Å². The van der Waals surface area contributed by atoms with Crippen LogP contribution in [-0.4, -0.2) is 4.21 Å². The standard InChI is InChI=1S/C12H7IOS/c13-10-6-3-5-9-8-4-1-2-7-11(8)15(14)12(9)10/h1-7H. The molecule has 1 aliphatic heterocycles. The molecule has 0 saturated heterocycles. The molecule has 1 aliphatic rings. The van der Waals surface area contributed by atoms with E-state index in [0.717, 1.165) is 24.5 Å². The van der Waals surface area contributed by atoms with Gasteiger partial charge in [0.05, 0.1) is 20.6 Å². The van der Waals surface area contributed by atoms with E-state index in [9.17, 15) is 4.21 Å². The van der Waals surface area contributed by atoms with Crippen LogP contribution in [0, 0.1) is 3.57 Å². The normalized spacial score (nSPS) is 17.3.